The van der Waals surface area contributed by atoms with Crippen LogP contribution in [0.2, 0.25) is 10.0 Å². The van der Waals surface area contributed by atoms with E-state index in [4.69, 9.17) is 23.2 Å². The molecule has 0 spiro atoms. The summed E-state index contributed by atoms with van der Waals surface area (Å²) in [5, 5.41) is 6.89. The van der Waals surface area contributed by atoms with Gasteiger partial charge < -0.3 is 10.6 Å². The molecule has 1 aliphatic rings. The molecule has 7 heteroatoms. The molecule has 130 valence electrons. The van der Waals surface area contributed by atoms with Gasteiger partial charge in [-0.15, -0.1) is 0 Å². The van der Waals surface area contributed by atoms with Crippen molar-refractivity contribution in [2.45, 2.75) is 43.8 Å². The van der Waals surface area contributed by atoms with Crippen LogP contribution in [0.25, 0.3) is 0 Å². The molecular weight excluding hydrogens is 348 g/mol. The van der Waals surface area contributed by atoms with Gasteiger partial charge in [-0.05, 0) is 57.0 Å². The quantitative estimate of drug-likeness (QED) is 0.796. The second-order valence-electron chi connectivity index (χ2n) is 6.16. The number of hydrogen-bond acceptors (Lipinski definition) is 2. The number of benzene rings is 1. The number of hydrogen-bond donors (Lipinski definition) is 2. The zero-order valence-corrected chi connectivity index (χ0v) is 14.5. The van der Waals surface area contributed by atoms with Gasteiger partial charge in [0, 0.05) is 12.0 Å². The van der Waals surface area contributed by atoms with E-state index in [0.29, 0.717) is 23.0 Å². The maximum Gasteiger partial charge on any atom is 0.403 e. The molecule has 0 aromatic heterocycles. The third-order valence-electron chi connectivity index (χ3n) is 4.55. The van der Waals surface area contributed by atoms with E-state index in [9.17, 15) is 13.2 Å². The molecule has 1 saturated heterocycles. The van der Waals surface area contributed by atoms with E-state index in [2.05, 4.69) is 10.6 Å². The number of rotatable bonds is 5. The summed E-state index contributed by atoms with van der Waals surface area (Å²) in [7, 11) is 0. The molecule has 0 saturated carbocycles. The van der Waals surface area contributed by atoms with Gasteiger partial charge >= 0.3 is 6.18 Å². The average Bonchev–Trinajstić information content (AvgIpc) is 2.50. The van der Waals surface area contributed by atoms with Crippen LogP contribution in [0.15, 0.2) is 18.2 Å². The topological polar surface area (TPSA) is 24.1 Å². The van der Waals surface area contributed by atoms with Gasteiger partial charge in [0.2, 0.25) is 0 Å². The molecule has 1 aliphatic heterocycles. The number of alkyl halides is 3. The first kappa shape index (κ1) is 18.8. The van der Waals surface area contributed by atoms with Crippen molar-refractivity contribution in [3.8, 4) is 0 Å². The van der Waals surface area contributed by atoms with Gasteiger partial charge in [-0.3, -0.25) is 0 Å². The Kier molecular flexibility index (Phi) is 6.22. The van der Waals surface area contributed by atoms with Gasteiger partial charge in [0.25, 0.3) is 0 Å². The Morgan fingerprint density at radius 1 is 1.30 bits per heavy atom. The molecule has 2 nitrogen and oxygen atoms in total. The fourth-order valence-corrected chi connectivity index (χ4v) is 3.34. The maximum atomic E-state index is 12.6. The fourth-order valence-electron chi connectivity index (χ4n) is 3.04. The molecule has 0 amide bonds. The third-order valence-corrected chi connectivity index (χ3v) is 5.29. The van der Waals surface area contributed by atoms with Crippen LogP contribution >= 0.6 is 23.2 Å². The average molecular weight is 369 g/mol. The molecule has 0 radical (unpaired) electrons. The van der Waals surface area contributed by atoms with Crippen LogP contribution < -0.4 is 10.6 Å². The van der Waals surface area contributed by atoms with Crippen molar-refractivity contribution in [2.24, 2.45) is 0 Å². The first-order valence-electron chi connectivity index (χ1n) is 7.71. The molecule has 0 aliphatic carbocycles. The van der Waals surface area contributed by atoms with Gasteiger partial charge in [0.1, 0.15) is 6.04 Å². The van der Waals surface area contributed by atoms with Crippen molar-refractivity contribution in [2.75, 3.05) is 19.6 Å². The Balaban J connectivity index is 2.11. The summed E-state index contributed by atoms with van der Waals surface area (Å²) in [6, 6.07) is 4.00. The molecule has 23 heavy (non-hydrogen) atoms. The van der Waals surface area contributed by atoms with Gasteiger partial charge in [-0.25, -0.2) is 0 Å². The summed E-state index contributed by atoms with van der Waals surface area (Å²) in [5.41, 5.74) is 0.811. The van der Waals surface area contributed by atoms with E-state index in [0.717, 1.165) is 38.4 Å². The van der Waals surface area contributed by atoms with Crippen molar-refractivity contribution in [1.29, 1.82) is 0 Å². The summed E-state index contributed by atoms with van der Waals surface area (Å²) in [4.78, 5) is 0. The highest BCUT2D eigenvalue weighted by Gasteiger charge is 2.37. The van der Waals surface area contributed by atoms with E-state index in [1.165, 1.54) is 0 Å². The number of nitrogens with one attached hydrogen (secondary N) is 2. The van der Waals surface area contributed by atoms with Gasteiger partial charge in [0.05, 0.1) is 10.0 Å². The lowest BCUT2D eigenvalue weighted by Gasteiger charge is -2.39. The minimum atomic E-state index is -4.22. The van der Waals surface area contributed by atoms with Crippen LogP contribution in [0.5, 0.6) is 0 Å². The minimum absolute atomic E-state index is 0.217. The smallest absolute Gasteiger partial charge is 0.316 e. The Hall–Kier alpha value is -0.490. The van der Waals surface area contributed by atoms with Crippen molar-refractivity contribution in [3.05, 3.63) is 33.8 Å². The molecular formula is C16H21Cl2F3N2. The molecule has 1 heterocycles. The summed E-state index contributed by atoms with van der Waals surface area (Å²) in [5.74, 6) is 0. The predicted molar refractivity (Wildman–Crippen MR) is 88.4 cm³/mol. The van der Waals surface area contributed by atoms with Crippen molar-refractivity contribution in [1.82, 2.24) is 10.6 Å². The van der Waals surface area contributed by atoms with Crippen LogP contribution in [0.3, 0.4) is 0 Å². The largest absolute Gasteiger partial charge is 0.403 e. The Morgan fingerprint density at radius 2 is 2.04 bits per heavy atom. The van der Waals surface area contributed by atoms with Crippen LogP contribution in [0.1, 0.15) is 31.7 Å². The summed E-state index contributed by atoms with van der Waals surface area (Å²) in [6.45, 7) is 3.09. The van der Waals surface area contributed by atoms with E-state index in [1.54, 1.807) is 6.07 Å². The summed E-state index contributed by atoms with van der Waals surface area (Å²) >= 11 is 12.1. The Bertz CT molecular complexity index is 529. The normalized spacial score (nSPS) is 23.7. The highest BCUT2D eigenvalue weighted by molar-refractivity contribution is 6.42. The lowest BCUT2D eigenvalue weighted by molar-refractivity contribution is -0.151. The maximum absolute atomic E-state index is 12.6. The van der Waals surface area contributed by atoms with Crippen LogP contribution in [-0.4, -0.2) is 31.9 Å². The standard InChI is InChI=1S/C16H21Cl2F3N2/c1-11(16(19,20)21)23-8-6-15(5-2-7-22-10-15)12-3-4-13(17)14(18)9-12/h3-4,9,11,22-23H,2,5-8,10H2,1H3/t11-,15+/m0/s1. The van der Waals surface area contributed by atoms with E-state index < -0.39 is 12.2 Å². The van der Waals surface area contributed by atoms with E-state index in [-0.39, 0.29) is 5.41 Å². The summed E-state index contributed by atoms with van der Waals surface area (Å²) in [6.07, 6.45) is -1.71. The second kappa shape index (κ2) is 7.60. The number of halogens is 5. The third kappa shape index (κ3) is 4.75. The molecule has 1 fully saturated rings. The monoisotopic (exact) mass is 368 g/mol. The van der Waals surface area contributed by atoms with Crippen molar-refractivity contribution < 1.29 is 13.2 Å². The molecule has 0 bridgehead atoms. The molecule has 2 atom stereocenters. The second-order valence-corrected chi connectivity index (χ2v) is 6.97. The molecule has 2 N–H and O–H groups in total. The zero-order valence-electron chi connectivity index (χ0n) is 12.9. The molecule has 0 unspecified atom stereocenters. The van der Waals surface area contributed by atoms with E-state index in [1.807, 2.05) is 12.1 Å². The minimum Gasteiger partial charge on any atom is -0.316 e. The van der Waals surface area contributed by atoms with Crippen LogP contribution in [-0.2, 0) is 5.41 Å². The molecule has 1 aromatic rings. The van der Waals surface area contributed by atoms with E-state index >= 15 is 0 Å². The molecule has 1 aromatic carbocycles. The lowest BCUT2D eigenvalue weighted by Crippen LogP contribution is -2.47. The van der Waals surface area contributed by atoms with Gasteiger partial charge in [-0.1, -0.05) is 29.3 Å². The van der Waals surface area contributed by atoms with Crippen molar-refractivity contribution >= 4 is 23.2 Å². The number of piperidine rings is 1. The molecule has 2 rings (SSSR count). The zero-order chi connectivity index (χ0) is 17.1. The fraction of sp³-hybridized carbons (Fsp3) is 0.625. The Morgan fingerprint density at radius 3 is 2.61 bits per heavy atom. The summed E-state index contributed by atoms with van der Waals surface area (Å²) < 4.78 is 37.9. The highest BCUT2D eigenvalue weighted by Crippen LogP contribution is 2.37. The van der Waals surface area contributed by atoms with Gasteiger partial charge in [-0.2, -0.15) is 13.2 Å². The lowest BCUT2D eigenvalue weighted by atomic mass is 9.72. The van der Waals surface area contributed by atoms with Crippen LogP contribution in [0.4, 0.5) is 13.2 Å². The SMILES string of the molecule is C[C@H](NCC[C@]1(c2ccc(Cl)c(Cl)c2)CCCNC1)C(F)(F)F. The highest BCUT2D eigenvalue weighted by atomic mass is 35.5. The predicted octanol–water partition coefficient (Wildman–Crippen LogP) is 4.55. The van der Waals surface area contributed by atoms with Crippen molar-refractivity contribution in [3.63, 3.8) is 0 Å². The first-order chi connectivity index (χ1) is 10.7. The Labute approximate surface area is 144 Å². The van der Waals surface area contributed by atoms with Gasteiger partial charge in [0.15, 0.2) is 0 Å². The van der Waals surface area contributed by atoms with Crippen LogP contribution in [0, 0.1) is 0 Å². The first-order valence-corrected chi connectivity index (χ1v) is 8.46.